The van der Waals surface area contributed by atoms with Gasteiger partial charge in [0.1, 0.15) is 17.4 Å². The van der Waals surface area contributed by atoms with Crippen molar-refractivity contribution in [2.24, 2.45) is 0 Å². The monoisotopic (exact) mass is 417 g/mol. The molecule has 1 amide bonds. The number of halogens is 1. The summed E-state index contributed by atoms with van der Waals surface area (Å²) in [5.74, 6) is 0.360. The molecule has 1 aromatic heterocycles. The number of fused-ring (bicyclic) bond motifs is 1. The van der Waals surface area contributed by atoms with Gasteiger partial charge in [0.25, 0.3) is 11.5 Å². The molecule has 0 saturated heterocycles. The van der Waals surface area contributed by atoms with Crippen molar-refractivity contribution in [1.29, 1.82) is 0 Å². The molecule has 6 nitrogen and oxygen atoms in total. The summed E-state index contributed by atoms with van der Waals surface area (Å²) in [5.41, 5.74) is 1.51. The number of para-hydroxylation sites is 1. The third kappa shape index (κ3) is 4.61. The number of nitrogens with one attached hydrogen (secondary N) is 1. The maximum Gasteiger partial charge on any atom is 0.258 e. The van der Waals surface area contributed by atoms with Crippen LogP contribution in [-0.4, -0.2) is 27.9 Å². The molecule has 0 atom stereocenters. The van der Waals surface area contributed by atoms with E-state index in [4.69, 9.17) is 4.74 Å². The van der Waals surface area contributed by atoms with Crippen LogP contribution in [-0.2, 0) is 13.1 Å². The van der Waals surface area contributed by atoms with Crippen LogP contribution in [0.4, 0.5) is 4.39 Å². The summed E-state index contributed by atoms with van der Waals surface area (Å²) in [6.45, 7) is 0.360. The molecule has 0 saturated carbocycles. The number of ether oxygens (including phenoxy) is 1. The Balaban J connectivity index is 1.67. The number of benzene rings is 3. The van der Waals surface area contributed by atoms with Crippen LogP contribution in [0.15, 0.2) is 77.6 Å². The lowest BCUT2D eigenvalue weighted by Crippen LogP contribution is -2.31. The molecule has 0 aliphatic carbocycles. The predicted molar refractivity (Wildman–Crippen MR) is 115 cm³/mol. The summed E-state index contributed by atoms with van der Waals surface area (Å²) in [6, 6.07) is 19.7. The molecular weight excluding hydrogens is 397 g/mol. The average molecular weight is 417 g/mol. The van der Waals surface area contributed by atoms with E-state index in [0.29, 0.717) is 28.0 Å². The van der Waals surface area contributed by atoms with Crippen molar-refractivity contribution in [1.82, 2.24) is 14.9 Å². The zero-order valence-corrected chi connectivity index (χ0v) is 16.8. The van der Waals surface area contributed by atoms with E-state index in [9.17, 15) is 14.0 Å². The number of methoxy groups -OCH3 is 1. The molecular formula is C24H20FN3O3. The van der Waals surface area contributed by atoms with Crippen LogP contribution < -0.4 is 10.3 Å². The predicted octanol–water partition coefficient (Wildman–Crippen LogP) is 3.91. The highest BCUT2D eigenvalue weighted by atomic mass is 19.1. The van der Waals surface area contributed by atoms with Gasteiger partial charge in [-0.2, -0.15) is 0 Å². The molecule has 3 aromatic carbocycles. The Kier molecular flexibility index (Phi) is 5.75. The molecule has 0 aliphatic rings. The molecule has 0 fully saturated rings. The first kappa shape index (κ1) is 20.3. The van der Waals surface area contributed by atoms with E-state index in [1.54, 1.807) is 36.3 Å². The van der Waals surface area contributed by atoms with E-state index in [1.165, 1.54) is 24.3 Å². The first-order chi connectivity index (χ1) is 15.0. The fraction of sp³-hybridized carbons (Fsp3) is 0.125. The number of H-pyrrole nitrogens is 1. The van der Waals surface area contributed by atoms with Gasteiger partial charge in [-0.3, -0.25) is 9.59 Å². The van der Waals surface area contributed by atoms with Gasteiger partial charge >= 0.3 is 0 Å². The number of carbonyl (C=O) groups excluding carboxylic acids is 1. The second-order valence-corrected chi connectivity index (χ2v) is 7.05. The van der Waals surface area contributed by atoms with E-state index in [1.807, 2.05) is 24.3 Å². The minimum Gasteiger partial charge on any atom is -0.497 e. The molecule has 1 heterocycles. The quantitative estimate of drug-likeness (QED) is 0.516. The average Bonchev–Trinajstić information content (AvgIpc) is 2.79. The fourth-order valence-corrected chi connectivity index (χ4v) is 3.32. The molecule has 4 aromatic rings. The number of amides is 1. The van der Waals surface area contributed by atoms with Gasteiger partial charge in [-0.15, -0.1) is 0 Å². The zero-order chi connectivity index (χ0) is 21.8. The number of hydrogen-bond acceptors (Lipinski definition) is 4. The highest BCUT2D eigenvalue weighted by molar-refractivity contribution is 5.94. The summed E-state index contributed by atoms with van der Waals surface area (Å²) in [7, 11) is 1.58. The normalized spacial score (nSPS) is 10.8. The minimum atomic E-state index is -0.418. The molecule has 0 spiro atoms. The molecule has 31 heavy (non-hydrogen) atoms. The van der Waals surface area contributed by atoms with Gasteiger partial charge in [-0.25, -0.2) is 9.37 Å². The number of nitrogens with zero attached hydrogens (tertiary/aromatic N) is 2. The summed E-state index contributed by atoms with van der Waals surface area (Å²) >= 11 is 0. The first-order valence-electron chi connectivity index (χ1n) is 9.69. The Hall–Kier alpha value is -4.00. The second kappa shape index (κ2) is 8.79. The van der Waals surface area contributed by atoms with Gasteiger partial charge in [0.05, 0.1) is 24.6 Å². The smallest absolute Gasteiger partial charge is 0.258 e. The van der Waals surface area contributed by atoms with E-state index in [-0.39, 0.29) is 24.6 Å². The van der Waals surface area contributed by atoms with Crippen LogP contribution >= 0.6 is 0 Å². The van der Waals surface area contributed by atoms with Crippen molar-refractivity contribution in [2.75, 3.05) is 7.11 Å². The molecule has 0 aliphatic heterocycles. The molecule has 4 rings (SSSR count). The molecule has 7 heteroatoms. The van der Waals surface area contributed by atoms with Crippen LogP contribution in [0, 0.1) is 5.82 Å². The van der Waals surface area contributed by atoms with E-state index in [0.717, 1.165) is 5.56 Å². The van der Waals surface area contributed by atoms with Crippen LogP contribution in [0.5, 0.6) is 5.75 Å². The van der Waals surface area contributed by atoms with Gasteiger partial charge in [0.15, 0.2) is 0 Å². The summed E-state index contributed by atoms with van der Waals surface area (Å²) in [6.07, 6.45) is 0. The minimum absolute atomic E-state index is 0.0856. The molecule has 1 N–H and O–H groups in total. The van der Waals surface area contributed by atoms with Crippen molar-refractivity contribution in [3.8, 4) is 5.75 Å². The molecule has 156 valence electrons. The molecule has 0 bridgehead atoms. The van der Waals surface area contributed by atoms with Crippen molar-refractivity contribution in [3.63, 3.8) is 0 Å². The highest BCUT2D eigenvalue weighted by Gasteiger charge is 2.18. The number of hydrogen-bond donors (Lipinski definition) is 1. The van der Waals surface area contributed by atoms with Gasteiger partial charge in [-0.05, 0) is 54.1 Å². The zero-order valence-electron chi connectivity index (χ0n) is 16.8. The number of aromatic amines is 1. The van der Waals surface area contributed by atoms with Crippen molar-refractivity contribution >= 4 is 16.8 Å². The second-order valence-electron chi connectivity index (χ2n) is 7.05. The lowest BCUT2D eigenvalue weighted by Gasteiger charge is -2.23. The van der Waals surface area contributed by atoms with Gasteiger partial charge in [0.2, 0.25) is 0 Å². The van der Waals surface area contributed by atoms with Crippen molar-refractivity contribution < 1.29 is 13.9 Å². The fourth-order valence-electron chi connectivity index (χ4n) is 3.32. The summed E-state index contributed by atoms with van der Waals surface area (Å²) in [4.78, 5) is 34.5. The summed E-state index contributed by atoms with van der Waals surface area (Å²) < 4.78 is 18.5. The maximum atomic E-state index is 13.3. The lowest BCUT2D eigenvalue weighted by atomic mass is 10.1. The van der Waals surface area contributed by atoms with E-state index < -0.39 is 5.82 Å². The number of rotatable bonds is 6. The third-order valence-electron chi connectivity index (χ3n) is 4.91. The largest absolute Gasteiger partial charge is 0.497 e. The Bertz CT molecular complexity index is 1270. The highest BCUT2D eigenvalue weighted by Crippen LogP contribution is 2.17. The van der Waals surface area contributed by atoms with Gasteiger partial charge in [-0.1, -0.05) is 24.3 Å². The maximum absolute atomic E-state index is 13.3. The van der Waals surface area contributed by atoms with Crippen LogP contribution in [0.3, 0.4) is 0 Å². The van der Waals surface area contributed by atoms with Crippen LogP contribution in [0.1, 0.15) is 21.7 Å². The number of aromatic nitrogens is 2. The molecule has 0 radical (unpaired) electrons. The Morgan fingerprint density at radius 3 is 2.42 bits per heavy atom. The van der Waals surface area contributed by atoms with Crippen LogP contribution in [0.2, 0.25) is 0 Å². The van der Waals surface area contributed by atoms with Crippen molar-refractivity contribution in [3.05, 3.63) is 106 Å². The van der Waals surface area contributed by atoms with Crippen molar-refractivity contribution in [2.45, 2.75) is 13.1 Å². The topological polar surface area (TPSA) is 75.3 Å². The Morgan fingerprint density at radius 2 is 1.71 bits per heavy atom. The SMILES string of the molecule is COc1ccc(CN(Cc2nc3ccccc3c(=O)[nH]2)C(=O)c2ccc(F)cc2)cc1. The third-order valence-corrected chi connectivity index (χ3v) is 4.91. The standard InChI is InChI=1S/C24H20FN3O3/c1-31-19-12-6-16(7-13-19)14-28(24(30)17-8-10-18(25)11-9-17)15-22-26-21-5-3-2-4-20(21)23(29)27-22/h2-13H,14-15H2,1H3,(H,26,27,29). The number of carbonyl (C=O) groups is 1. The van der Waals surface area contributed by atoms with Crippen LogP contribution in [0.25, 0.3) is 10.9 Å². The first-order valence-corrected chi connectivity index (χ1v) is 9.69. The molecule has 0 unspecified atom stereocenters. The van der Waals surface area contributed by atoms with Gasteiger partial charge in [0, 0.05) is 12.1 Å². The van der Waals surface area contributed by atoms with E-state index in [2.05, 4.69) is 9.97 Å². The lowest BCUT2D eigenvalue weighted by molar-refractivity contribution is 0.0725. The van der Waals surface area contributed by atoms with Gasteiger partial charge < -0.3 is 14.6 Å². The Morgan fingerprint density at radius 1 is 1.00 bits per heavy atom. The summed E-state index contributed by atoms with van der Waals surface area (Å²) in [5, 5.41) is 0.484. The van der Waals surface area contributed by atoms with E-state index >= 15 is 0 Å². The Labute approximate surface area is 177 Å².